The maximum atomic E-state index is 11.6. The first kappa shape index (κ1) is 15.6. The molecule has 2 saturated heterocycles. The lowest BCUT2D eigenvalue weighted by Gasteiger charge is -2.54. The molecule has 2 aliphatic heterocycles. The zero-order valence-corrected chi connectivity index (χ0v) is 13.5. The van der Waals surface area contributed by atoms with Gasteiger partial charge in [0.05, 0.1) is 0 Å². The zero-order chi connectivity index (χ0) is 14.8. The molecule has 0 aromatic carbocycles. The van der Waals surface area contributed by atoms with Gasteiger partial charge in [0.2, 0.25) is 5.91 Å². The topological polar surface area (TPSA) is 23.6 Å². The van der Waals surface area contributed by atoms with Gasteiger partial charge in [-0.15, -0.1) is 0 Å². The molecule has 0 saturated carbocycles. The number of hydrogen-bond donors (Lipinski definition) is 0. The summed E-state index contributed by atoms with van der Waals surface area (Å²) in [5.74, 6) is 0.0983. The van der Waals surface area contributed by atoms with Gasteiger partial charge < -0.3 is 9.80 Å². The summed E-state index contributed by atoms with van der Waals surface area (Å²) in [6.07, 6.45) is 6.39. The molecule has 1 spiro atoms. The van der Waals surface area contributed by atoms with E-state index in [-0.39, 0.29) is 5.91 Å². The van der Waals surface area contributed by atoms with Crippen molar-refractivity contribution in [2.24, 2.45) is 10.8 Å². The molecular formula is C17H30N2O. The highest BCUT2D eigenvalue weighted by Crippen LogP contribution is 2.40. The minimum atomic E-state index is 0.0983. The average molecular weight is 278 g/mol. The monoisotopic (exact) mass is 278 g/mol. The lowest BCUT2D eigenvalue weighted by atomic mass is 9.72. The molecular weight excluding hydrogens is 248 g/mol. The minimum Gasteiger partial charge on any atom is -0.339 e. The van der Waals surface area contributed by atoms with Gasteiger partial charge in [0.25, 0.3) is 0 Å². The van der Waals surface area contributed by atoms with Gasteiger partial charge in [-0.3, -0.25) is 4.79 Å². The van der Waals surface area contributed by atoms with Crippen molar-refractivity contribution in [3.63, 3.8) is 0 Å². The van der Waals surface area contributed by atoms with Gasteiger partial charge in [-0.2, -0.15) is 0 Å². The van der Waals surface area contributed by atoms with Crippen LogP contribution in [0.4, 0.5) is 0 Å². The molecule has 2 aliphatic rings. The van der Waals surface area contributed by atoms with E-state index in [9.17, 15) is 4.79 Å². The van der Waals surface area contributed by atoms with Gasteiger partial charge in [-0.25, -0.2) is 0 Å². The number of carbonyl (C=O) groups is 1. The van der Waals surface area contributed by atoms with Crippen LogP contribution in [0, 0.1) is 10.8 Å². The van der Waals surface area contributed by atoms with E-state index in [2.05, 4.69) is 32.3 Å². The Morgan fingerprint density at radius 2 is 1.85 bits per heavy atom. The first-order valence-electron chi connectivity index (χ1n) is 7.97. The van der Waals surface area contributed by atoms with Crippen molar-refractivity contribution in [3.8, 4) is 0 Å². The smallest absolute Gasteiger partial charge is 0.245 e. The summed E-state index contributed by atoms with van der Waals surface area (Å²) in [5, 5.41) is 0. The lowest BCUT2D eigenvalue weighted by Crippen LogP contribution is -2.60. The van der Waals surface area contributed by atoms with Crippen molar-refractivity contribution in [1.82, 2.24) is 9.80 Å². The summed E-state index contributed by atoms with van der Waals surface area (Å²) in [6, 6.07) is 0. The van der Waals surface area contributed by atoms with Crippen LogP contribution in [0.15, 0.2) is 12.7 Å². The van der Waals surface area contributed by atoms with E-state index in [1.807, 2.05) is 4.90 Å². The van der Waals surface area contributed by atoms with Gasteiger partial charge in [0.15, 0.2) is 0 Å². The Kier molecular flexibility index (Phi) is 4.58. The van der Waals surface area contributed by atoms with Crippen molar-refractivity contribution < 1.29 is 4.79 Å². The van der Waals surface area contributed by atoms with Crippen LogP contribution < -0.4 is 0 Å². The molecule has 20 heavy (non-hydrogen) atoms. The maximum absolute atomic E-state index is 11.6. The molecule has 2 heterocycles. The van der Waals surface area contributed by atoms with Crippen molar-refractivity contribution in [2.75, 3.05) is 32.7 Å². The Hall–Kier alpha value is -0.830. The standard InChI is InChI=1S/C17H30N2O/c1-5-15(20)19-11-8-17(9-12-19)13-18(14-17)10-6-7-16(2,3)4/h5H,1,6-14H2,2-4H3. The summed E-state index contributed by atoms with van der Waals surface area (Å²) in [5.41, 5.74) is 0.971. The molecule has 0 aromatic rings. The molecule has 0 unspecified atom stereocenters. The van der Waals surface area contributed by atoms with Gasteiger partial charge in [-0.1, -0.05) is 27.4 Å². The molecule has 0 aliphatic carbocycles. The fourth-order valence-corrected chi connectivity index (χ4v) is 3.54. The van der Waals surface area contributed by atoms with Crippen LogP contribution in [0.3, 0.4) is 0 Å². The molecule has 0 aromatic heterocycles. The first-order chi connectivity index (χ1) is 9.34. The highest BCUT2D eigenvalue weighted by Gasteiger charge is 2.44. The van der Waals surface area contributed by atoms with Crippen LogP contribution in [0.1, 0.15) is 46.5 Å². The molecule has 2 fully saturated rings. The predicted molar refractivity (Wildman–Crippen MR) is 83.6 cm³/mol. The average Bonchev–Trinajstić information content (AvgIpc) is 2.35. The van der Waals surface area contributed by atoms with Crippen molar-refractivity contribution in [3.05, 3.63) is 12.7 Å². The Morgan fingerprint density at radius 1 is 1.25 bits per heavy atom. The van der Waals surface area contributed by atoms with Crippen LogP contribution in [0.5, 0.6) is 0 Å². The van der Waals surface area contributed by atoms with Crippen molar-refractivity contribution >= 4 is 5.91 Å². The van der Waals surface area contributed by atoms with Crippen LogP contribution in [-0.2, 0) is 4.79 Å². The Bertz CT molecular complexity index is 354. The van der Waals surface area contributed by atoms with Gasteiger partial charge in [0.1, 0.15) is 0 Å². The Labute approximate surface area is 124 Å². The summed E-state index contributed by atoms with van der Waals surface area (Å²) in [6.45, 7) is 16.1. The van der Waals surface area contributed by atoms with Crippen LogP contribution >= 0.6 is 0 Å². The number of amides is 1. The SMILES string of the molecule is C=CC(=O)N1CCC2(CC1)CN(CCCC(C)(C)C)C2. The summed E-state index contributed by atoms with van der Waals surface area (Å²) in [7, 11) is 0. The number of carbonyl (C=O) groups excluding carboxylic acids is 1. The molecule has 0 bridgehead atoms. The largest absolute Gasteiger partial charge is 0.339 e. The molecule has 1 amide bonds. The first-order valence-corrected chi connectivity index (χ1v) is 7.97. The fraction of sp³-hybridized carbons (Fsp3) is 0.824. The van der Waals surface area contributed by atoms with Gasteiger partial charge >= 0.3 is 0 Å². The number of piperidine rings is 1. The number of nitrogens with zero attached hydrogens (tertiary/aromatic N) is 2. The second kappa shape index (κ2) is 5.88. The van der Waals surface area contributed by atoms with Crippen LogP contribution in [0.2, 0.25) is 0 Å². The van der Waals surface area contributed by atoms with Crippen molar-refractivity contribution in [2.45, 2.75) is 46.5 Å². The van der Waals surface area contributed by atoms with Crippen LogP contribution in [-0.4, -0.2) is 48.4 Å². The van der Waals surface area contributed by atoms with Crippen molar-refractivity contribution in [1.29, 1.82) is 0 Å². The zero-order valence-electron chi connectivity index (χ0n) is 13.5. The summed E-state index contributed by atoms with van der Waals surface area (Å²) >= 11 is 0. The quantitative estimate of drug-likeness (QED) is 0.738. The van der Waals surface area contributed by atoms with E-state index in [0.29, 0.717) is 10.8 Å². The third-order valence-electron chi connectivity index (χ3n) is 4.83. The van der Waals surface area contributed by atoms with E-state index in [1.54, 1.807) is 0 Å². The normalized spacial score (nSPS) is 22.6. The molecule has 3 heteroatoms. The highest BCUT2D eigenvalue weighted by atomic mass is 16.2. The molecule has 2 rings (SSSR count). The number of likely N-dealkylation sites (tertiary alicyclic amines) is 2. The number of rotatable bonds is 4. The van der Waals surface area contributed by atoms with Crippen LogP contribution in [0.25, 0.3) is 0 Å². The van der Waals surface area contributed by atoms with E-state index in [1.165, 1.54) is 51.4 Å². The van der Waals surface area contributed by atoms with Gasteiger partial charge in [-0.05, 0) is 49.1 Å². The van der Waals surface area contributed by atoms with E-state index in [0.717, 1.165) is 13.1 Å². The Morgan fingerprint density at radius 3 is 2.35 bits per heavy atom. The number of hydrogen-bond acceptors (Lipinski definition) is 2. The summed E-state index contributed by atoms with van der Waals surface area (Å²) < 4.78 is 0. The third kappa shape index (κ3) is 3.85. The molecule has 3 nitrogen and oxygen atoms in total. The molecule has 114 valence electrons. The predicted octanol–water partition coefficient (Wildman–Crippen LogP) is 2.92. The molecule has 0 radical (unpaired) electrons. The van der Waals surface area contributed by atoms with Gasteiger partial charge in [0, 0.05) is 26.2 Å². The third-order valence-corrected chi connectivity index (χ3v) is 4.83. The Balaban J connectivity index is 1.66. The fourth-order valence-electron chi connectivity index (χ4n) is 3.54. The summed E-state index contributed by atoms with van der Waals surface area (Å²) in [4.78, 5) is 16.1. The second-order valence-electron chi connectivity index (χ2n) is 7.90. The molecule has 0 atom stereocenters. The maximum Gasteiger partial charge on any atom is 0.245 e. The highest BCUT2D eigenvalue weighted by molar-refractivity contribution is 5.87. The van der Waals surface area contributed by atoms with E-state index < -0.39 is 0 Å². The minimum absolute atomic E-state index is 0.0983. The van der Waals surface area contributed by atoms with E-state index >= 15 is 0 Å². The lowest BCUT2D eigenvalue weighted by molar-refractivity contribution is -0.131. The molecule has 0 N–H and O–H groups in total. The second-order valence-corrected chi connectivity index (χ2v) is 7.90. The van der Waals surface area contributed by atoms with E-state index in [4.69, 9.17) is 0 Å².